The molecule has 15 heavy (non-hydrogen) atoms. The van der Waals surface area contributed by atoms with Gasteiger partial charge in [0.25, 0.3) is 0 Å². The largest absolute Gasteiger partial charge is 0.384 e. The van der Waals surface area contributed by atoms with Crippen molar-refractivity contribution < 1.29 is 5.11 Å². The molecule has 1 fully saturated rings. The minimum Gasteiger partial charge on any atom is -0.384 e. The van der Waals surface area contributed by atoms with Gasteiger partial charge in [-0.2, -0.15) is 0 Å². The van der Waals surface area contributed by atoms with Crippen LogP contribution in [0.25, 0.3) is 0 Å². The zero-order valence-corrected chi connectivity index (χ0v) is 9.24. The van der Waals surface area contributed by atoms with Crippen molar-refractivity contribution in [2.45, 2.75) is 37.8 Å². The van der Waals surface area contributed by atoms with Crippen molar-refractivity contribution in [2.75, 3.05) is 6.54 Å². The monoisotopic (exact) mass is 205 g/mol. The zero-order valence-electron chi connectivity index (χ0n) is 9.24. The quantitative estimate of drug-likeness (QED) is 0.774. The van der Waals surface area contributed by atoms with Gasteiger partial charge in [0.15, 0.2) is 0 Å². The van der Waals surface area contributed by atoms with Gasteiger partial charge in [0.2, 0.25) is 0 Å². The fourth-order valence-electron chi connectivity index (χ4n) is 2.31. The molecule has 82 valence electrons. The Morgan fingerprint density at radius 2 is 2.00 bits per heavy atom. The minimum absolute atomic E-state index is 0.189. The predicted molar refractivity (Wildman–Crippen MR) is 61.7 cm³/mol. The molecule has 0 saturated carbocycles. The summed E-state index contributed by atoms with van der Waals surface area (Å²) in [5, 5.41) is 14.0. The third-order valence-electron chi connectivity index (χ3n) is 3.35. The SMILES string of the molecule is CC(O)(c1ccccc1)[C@@H]1CCCCN1. The summed E-state index contributed by atoms with van der Waals surface area (Å²) in [6.07, 6.45) is 3.49. The van der Waals surface area contributed by atoms with E-state index in [-0.39, 0.29) is 6.04 Å². The highest BCUT2D eigenvalue weighted by molar-refractivity contribution is 5.23. The molecule has 1 aliphatic rings. The fourth-order valence-corrected chi connectivity index (χ4v) is 2.31. The molecule has 2 heteroatoms. The standard InChI is InChI=1S/C13H19NO/c1-13(15,11-7-3-2-4-8-11)12-9-5-6-10-14-12/h2-4,7-8,12,14-15H,5-6,9-10H2,1H3/t12-,13?/m0/s1. The second-order valence-electron chi connectivity index (χ2n) is 4.52. The molecule has 1 aromatic carbocycles. The average Bonchev–Trinajstić information content (AvgIpc) is 2.31. The highest BCUT2D eigenvalue weighted by Crippen LogP contribution is 2.28. The molecule has 1 aromatic rings. The van der Waals surface area contributed by atoms with Gasteiger partial charge in [0.05, 0.1) is 0 Å². The molecule has 0 spiro atoms. The maximum Gasteiger partial charge on any atom is 0.102 e. The van der Waals surface area contributed by atoms with E-state index in [0.717, 1.165) is 18.5 Å². The lowest BCUT2D eigenvalue weighted by atomic mass is 9.84. The van der Waals surface area contributed by atoms with E-state index in [1.54, 1.807) is 0 Å². The zero-order chi connectivity index (χ0) is 10.7. The van der Waals surface area contributed by atoms with Crippen molar-refractivity contribution >= 4 is 0 Å². The molecule has 2 atom stereocenters. The second-order valence-corrected chi connectivity index (χ2v) is 4.52. The van der Waals surface area contributed by atoms with Crippen molar-refractivity contribution in [1.82, 2.24) is 5.32 Å². The van der Waals surface area contributed by atoms with E-state index in [9.17, 15) is 5.11 Å². The summed E-state index contributed by atoms with van der Waals surface area (Å²) in [6.45, 7) is 2.93. The molecule has 0 amide bonds. The normalized spacial score (nSPS) is 25.9. The van der Waals surface area contributed by atoms with Crippen LogP contribution in [0.4, 0.5) is 0 Å². The second kappa shape index (κ2) is 4.33. The van der Waals surface area contributed by atoms with E-state index in [2.05, 4.69) is 5.32 Å². The Kier molecular flexibility index (Phi) is 3.08. The molecule has 1 saturated heterocycles. The van der Waals surface area contributed by atoms with Crippen LogP contribution in [0.5, 0.6) is 0 Å². The summed E-state index contributed by atoms with van der Waals surface area (Å²) in [5.41, 5.74) is 0.256. The maximum absolute atomic E-state index is 10.5. The van der Waals surface area contributed by atoms with E-state index in [1.165, 1.54) is 12.8 Å². The molecule has 2 nitrogen and oxygen atoms in total. The van der Waals surface area contributed by atoms with Crippen LogP contribution in [0.3, 0.4) is 0 Å². The Balaban J connectivity index is 2.18. The van der Waals surface area contributed by atoms with Gasteiger partial charge in [-0.15, -0.1) is 0 Å². The molecular formula is C13H19NO. The summed E-state index contributed by atoms with van der Waals surface area (Å²) in [4.78, 5) is 0. The number of benzene rings is 1. The van der Waals surface area contributed by atoms with Gasteiger partial charge in [-0.05, 0) is 31.9 Å². The third kappa shape index (κ3) is 2.21. The number of piperidine rings is 1. The van der Waals surface area contributed by atoms with Crippen molar-refractivity contribution in [3.8, 4) is 0 Å². The van der Waals surface area contributed by atoms with Gasteiger partial charge < -0.3 is 10.4 Å². The summed E-state index contributed by atoms with van der Waals surface area (Å²) >= 11 is 0. The lowest BCUT2D eigenvalue weighted by Crippen LogP contribution is -2.49. The van der Waals surface area contributed by atoms with E-state index in [0.29, 0.717) is 0 Å². The number of aliphatic hydroxyl groups is 1. The lowest BCUT2D eigenvalue weighted by Gasteiger charge is -2.36. The number of hydrogen-bond donors (Lipinski definition) is 2. The van der Waals surface area contributed by atoms with Crippen LogP contribution in [0.2, 0.25) is 0 Å². The summed E-state index contributed by atoms with van der Waals surface area (Å²) < 4.78 is 0. The van der Waals surface area contributed by atoms with Gasteiger partial charge in [-0.3, -0.25) is 0 Å². The van der Waals surface area contributed by atoms with Gasteiger partial charge >= 0.3 is 0 Å². The first-order valence-electron chi connectivity index (χ1n) is 5.72. The summed E-state index contributed by atoms with van der Waals surface area (Å²) in [7, 11) is 0. The molecule has 1 aliphatic heterocycles. The highest BCUT2D eigenvalue weighted by atomic mass is 16.3. The Bertz CT molecular complexity index is 302. The van der Waals surface area contributed by atoms with Gasteiger partial charge in [-0.1, -0.05) is 36.8 Å². The van der Waals surface area contributed by atoms with Crippen LogP contribution < -0.4 is 5.32 Å². The fraction of sp³-hybridized carbons (Fsp3) is 0.538. The molecule has 0 bridgehead atoms. The molecule has 0 aliphatic carbocycles. The maximum atomic E-state index is 10.5. The van der Waals surface area contributed by atoms with Crippen LogP contribution in [0.15, 0.2) is 30.3 Å². The Hall–Kier alpha value is -0.860. The molecule has 0 aromatic heterocycles. The molecule has 0 radical (unpaired) electrons. The first-order chi connectivity index (χ1) is 7.21. The average molecular weight is 205 g/mol. The first-order valence-corrected chi connectivity index (χ1v) is 5.72. The topological polar surface area (TPSA) is 32.3 Å². The molecular weight excluding hydrogens is 186 g/mol. The van der Waals surface area contributed by atoms with Crippen molar-refractivity contribution in [2.24, 2.45) is 0 Å². The Morgan fingerprint density at radius 1 is 1.27 bits per heavy atom. The van der Waals surface area contributed by atoms with Crippen molar-refractivity contribution in [1.29, 1.82) is 0 Å². The molecule has 2 N–H and O–H groups in total. The van der Waals surface area contributed by atoms with Crippen LogP contribution in [0.1, 0.15) is 31.7 Å². The summed E-state index contributed by atoms with van der Waals surface area (Å²) in [6, 6.07) is 10.1. The highest BCUT2D eigenvalue weighted by Gasteiger charge is 2.33. The smallest absolute Gasteiger partial charge is 0.102 e. The summed E-state index contributed by atoms with van der Waals surface area (Å²) in [5.74, 6) is 0. The van der Waals surface area contributed by atoms with Gasteiger partial charge in [0, 0.05) is 6.04 Å². The van der Waals surface area contributed by atoms with Crippen LogP contribution >= 0.6 is 0 Å². The van der Waals surface area contributed by atoms with Crippen molar-refractivity contribution in [3.05, 3.63) is 35.9 Å². The predicted octanol–water partition coefficient (Wildman–Crippen LogP) is 2.04. The third-order valence-corrected chi connectivity index (χ3v) is 3.35. The number of rotatable bonds is 2. The van der Waals surface area contributed by atoms with E-state index in [1.807, 2.05) is 37.3 Å². The number of hydrogen-bond acceptors (Lipinski definition) is 2. The van der Waals surface area contributed by atoms with E-state index in [4.69, 9.17) is 0 Å². The first kappa shape index (κ1) is 10.7. The minimum atomic E-state index is -0.748. The van der Waals surface area contributed by atoms with Gasteiger partial charge in [0.1, 0.15) is 5.60 Å². The Labute approximate surface area is 91.3 Å². The van der Waals surface area contributed by atoms with Crippen LogP contribution in [0, 0.1) is 0 Å². The van der Waals surface area contributed by atoms with Crippen LogP contribution in [-0.4, -0.2) is 17.7 Å². The lowest BCUT2D eigenvalue weighted by molar-refractivity contribution is 0.00568. The molecule has 1 unspecified atom stereocenters. The molecule has 1 heterocycles. The number of nitrogens with one attached hydrogen (secondary N) is 1. The molecule has 2 rings (SSSR count). The van der Waals surface area contributed by atoms with Crippen LogP contribution in [-0.2, 0) is 5.60 Å². The van der Waals surface area contributed by atoms with E-state index < -0.39 is 5.60 Å². The van der Waals surface area contributed by atoms with E-state index >= 15 is 0 Å². The van der Waals surface area contributed by atoms with Gasteiger partial charge in [-0.25, -0.2) is 0 Å². The Morgan fingerprint density at radius 3 is 2.60 bits per heavy atom. The van der Waals surface area contributed by atoms with Crippen molar-refractivity contribution in [3.63, 3.8) is 0 Å².